The Labute approximate surface area is 223 Å². The number of nitrogens with one attached hydrogen (secondary N) is 1. The number of carbonyl (C=O) groups excluding carboxylic acids is 2. The van der Waals surface area contributed by atoms with Crippen LogP contribution in [0.4, 0.5) is 10.2 Å². The summed E-state index contributed by atoms with van der Waals surface area (Å²) >= 11 is 6.10. The second-order valence-corrected chi connectivity index (χ2v) is 10.9. The molecule has 1 N–H and O–H groups in total. The molecule has 3 heterocycles. The number of carbonyl (C=O) groups is 2. The van der Waals surface area contributed by atoms with E-state index in [0.717, 1.165) is 12.0 Å². The van der Waals surface area contributed by atoms with Gasteiger partial charge in [-0.15, -0.1) is 5.10 Å². The molecule has 1 aliphatic heterocycles. The van der Waals surface area contributed by atoms with Crippen molar-refractivity contribution in [1.82, 2.24) is 25.3 Å². The van der Waals surface area contributed by atoms with Crippen LogP contribution in [0.3, 0.4) is 0 Å². The number of hydrogen-bond donors (Lipinski definition) is 1. The average Bonchev–Trinajstić information content (AvgIpc) is 3.33. The van der Waals surface area contributed by atoms with Crippen molar-refractivity contribution in [3.63, 3.8) is 0 Å². The second kappa shape index (κ2) is 9.17. The van der Waals surface area contributed by atoms with Crippen molar-refractivity contribution in [3.05, 3.63) is 69.4 Å². The third-order valence-electron chi connectivity index (χ3n) is 8.10. The van der Waals surface area contributed by atoms with Crippen LogP contribution in [-0.2, 0) is 4.79 Å². The number of anilines is 1. The third kappa shape index (κ3) is 4.11. The molecule has 11 heteroatoms. The fourth-order valence-corrected chi connectivity index (χ4v) is 5.77. The van der Waals surface area contributed by atoms with Gasteiger partial charge in [0.15, 0.2) is 17.3 Å². The predicted molar refractivity (Wildman–Crippen MR) is 136 cm³/mol. The molecule has 1 saturated heterocycles. The number of rotatable bonds is 6. The van der Waals surface area contributed by atoms with Crippen molar-refractivity contribution in [1.29, 1.82) is 5.26 Å². The quantitative estimate of drug-likeness (QED) is 0.513. The minimum Gasteiger partial charge on any atom is -0.348 e. The van der Waals surface area contributed by atoms with Crippen LogP contribution in [-0.4, -0.2) is 44.4 Å². The lowest BCUT2D eigenvalue weighted by Gasteiger charge is -2.36. The number of piperidine rings is 1. The molecule has 0 spiro atoms. The van der Waals surface area contributed by atoms with Gasteiger partial charge in [0, 0.05) is 35.3 Å². The molecule has 3 fully saturated rings. The molecule has 2 amide bonds. The minimum atomic E-state index is -0.513. The molecule has 3 atom stereocenters. The van der Waals surface area contributed by atoms with Gasteiger partial charge in [0.05, 0.1) is 23.9 Å². The molecule has 3 aliphatic rings. The summed E-state index contributed by atoms with van der Waals surface area (Å²) < 4.78 is 16.8. The smallest absolute Gasteiger partial charge is 0.273 e. The van der Waals surface area contributed by atoms with Crippen LogP contribution in [0.1, 0.15) is 70.9 Å². The molecule has 1 unspecified atom stereocenters. The SMILES string of the molecule is Cc1c(C(C)n2cc(C(=O)NC3CC(c4cc(Cl)ccc4C#N)C3)nn2)cnc(N2C[C@H]3C[C@H]3C2=O)c1F. The molecule has 2 aliphatic carbocycles. The van der Waals surface area contributed by atoms with Gasteiger partial charge >= 0.3 is 0 Å². The normalized spacial score (nSPS) is 24.4. The van der Waals surface area contributed by atoms with E-state index in [1.54, 1.807) is 25.3 Å². The molecular formula is C27H25ClFN7O2. The highest BCUT2D eigenvalue weighted by Gasteiger charge is 2.53. The maximum atomic E-state index is 15.3. The van der Waals surface area contributed by atoms with Gasteiger partial charge in [0.25, 0.3) is 5.91 Å². The lowest BCUT2D eigenvalue weighted by Crippen LogP contribution is -2.43. The van der Waals surface area contributed by atoms with Crippen molar-refractivity contribution in [3.8, 4) is 6.07 Å². The van der Waals surface area contributed by atoms with Crippen LogP contribution in [0, 0.1) is 35.9 Å². The van der Waals surface area contributed by atoms with Gasteiger partial charge in [-0.1, -0.05) is 16.8 Å². The number of hydrogen-bond acceptors (Lipinski definition) is 6. The van der Waals surface area contributed by atoms with Crippen molar-refractivity contribution >= 4 is 29.2 Å². The first-order chi connectivity index (χ1) is 18.2. The van der Waals surface area contributed by atoms with Crippen LogP contribution < -0.4 is 10.2 Å². The van der Waals surface area contributed by atoms with E-state index in [0.29, 0.717) is 47.0 Å². The van der Waals surface area contributed by atoms with Crippen molar-refractivity contribution < 1.29 is 14.0 Å². The zero-order valence-electron chi connectivity index (χ0n) is 20.9. The molecule has 0 radical (unpaired) electrons. The monoisotopic (exact) mass is 533 g/mol. The fourth-order valence-electron chi connectivity index (χ4n) is 5.59. The highest BCUT2D eigenvalue weighted by atomic mass is 35.5. The molecule has 1 aromatic carbocycles. The molecule has 2 saturated carbocycles. The van der Waals surface area contributed by atoms with Gasteiger partial charge in [0.1, 0.15) is 0 Å². The molecule has 38 heavy (non-hydrogen) atoms. The van der Waals surface area contributed by atoms with E-state index in [2.05, 4.69) is 26.7 Å². The van der Waals surface area contributed by atoms with Gasteiger partial charge in [-0.05, 0) is 74.3 Å². The number of halogens is 2. The highest BCUT2D eigenvalue weighted by Crippen LogP contribution is 2.47. The maximum Gasteiger partial charge on any atom is 0.273 e. The molecular weight excluding hydrogens is 509 g/mol. The minimum absolute atomic E-state index is 0.0208. The lowest BCUT2D eigenvalue weighted by atomic mass is 9.74. The Morgan fingerprint density at radius 1 is 1.32 bits per heavy atom. The summed E-state index contributed by atoms with van der Waals surface area (Å²) in [5, 5.41) is 21.0. The number of pyridine rings is 1. The third-order valence-corrected chi connectivity index (χ3v) is 8.34. The van der Waals surface area contributed by atoms with Gasteiger partial charge in [-0.25, -0.2) is 14.1 Å². The van der Waals surface area contributed by atoms with E-state index < -0.39 is 11.9 Å². The zero-order chi connectivity index (χ0) is 26.7. The Morgan fingerprint density at radius 3 is 2.82 bits per heavy atom. The first kappa shape index (κ1) is 24.5. The Bertz CT molecular complexity index is 1510. The molecule has 2 aromatic heterocycles. The van der Waals surface area contributed by atoms with Crippen LogP contribution >= 0.6 is 11.6 Å². The van der Waals surface area contributed by atoms with E-state index in [4.69, 9.17) is 11.6 Å². The van der Waals surface area contributed by atoms with Crippen LogP contribution in [0.25, 0.3) is 0 Å². The Balaban J connectivity index is 1.11. The van der Waals surface area contributed by atoms with Crippen molar-refractivity contribution in [2.45, 2.75) is 51.1 Å². The van der Waals surface area contributed by atoms with Crippen LogP contribution in [0.15, 0.2) is 30.6 Å². The Morgan fingerprint density at radius 2 is 2.11 bits per heavy atom. The lowest BCUT2D eigenvalue weighted by molar-refractivity contribution is -0.118. The highest BCUT2D eigenvalue weighted by molar-refractivity contribution is 6.30. The summed E-state index contributed by atoms with van der Waals surface area (Å²) in [4.78, 5) is 30.9. The summed E-state index contributed by atoms with van der Waals surface area (Å²) in [5.74, 6) is -0.342. The number of nitriles is 1. The van der Waals surface area contributed by atoms with E-state index in [-0.39, 0.29) is 41.2 Å². The summed E-state index contributed by atoms with van der Waals surface area (Å²) in [6, 6.07) is 6.95. The van der Waals surface area contributed by atoms with E-state index in [9.17, 15) is 14.9 Å². The van der Waals surface area contributed by atoms with Crippen LogP contribution in [0.5, 0.6) is 0 Å². The topological polar surface area (TPSA) is 117 Å². The largest absolute Gasteiger partial charge is 0.348 e. The molecule has 0 bridgehead atoms. The first-order valence-electron chi connectivity index (χ1n) is 12.6. The Hall–Kier alpha value is -3.84. The molecule has 6 rings (SSSR count). The zero-order valence-corrected chi connectivity index (χ0v) is 21.6. The van der Waals surface area contributed by atoms with Gasteiger partial charge in [-0.2, -0.15) is 5.26 Å². The number of benzene rings is 1. The predicted octanol–water partition coefficient (Wildman–Crippen LogP) is 3.91. The Kier molecular flexibility index (Phi) is 5.91. The van der Waals surface area contributed by atoms with Crippen molar-refractivity contribution in [2.75, 3.05) is 11.4 Å². The van der Waals surface area contributed by atoms with Gasteiger partial charge < -0.3 is 5.32 Å². The van der Waals surface area contributed by atoms with E-state index in [1.165, 1.54) is 15.8 Å². The number of fused-ring (bicyclic) bond motifs is 1. The maximum absolute atomic E-state index is 15.3. The number of nitrogens with zero attached hydrogens (tertiary/aromatic N) is 6. The van der Waals surface area contributed by atoms with Gasteiger partial charge in [0.2, 0.25) is 5.91 Å². The standard InChI is InChI=1S/C27H25ClFN7O2/c1-13-22(10-31-25(24(13)29)35-11-17-7-21(17)27(35)38)14(2)36-12-23(33-34-36)26(37)32-19-5-16(6-19)20-8-18(28)4-3-15(20)9-30/h3-4,8,10,12,14,16-17,19,21H,5-7,11H2,1-2H3,(H,32,37)/t14?,16?,17-,19?,21-/m1/s1. The van der Waals surface area contributed by atoms with Crippen LogP contribution in [0.2, 0.25) is 5.02 Å². The summed E-state index contributed by atoms with van der Waals surface area (Å²) in [6.07, 6.45) is 5.38. The van der Waals surface area contributed by atoms with E-state index in [1.807, 2.05) is 13.0 Å². The van der Waals surface area contributed by atoms with E-state index >= 15 is 4.39 Å². The molecule has 194 valence electrons. The molecule has 3 aromatic rings. The average molecular weight is 534 g/mol. The summed E-state index contributed by atoms with van der Waals surface area (Å²) in [7, 11) is 0. The summed E-state index contributed by atoms with van der Waals surface area (Å²) in [5.41, 5.74) is 2.63. The number of amides is 2. The van der Waals surface area contributed by atoms with Gasteiger partial charge in [-0.3, -0.25) is 14.5 Å². The summed E-state index contributed by atoms with van der Waals surface area (Å²) in [6.45, 7) is 4.00. The first-order valence-corrected chi connectivity index (χ1v) is 13.0. The van der Waals surface area contributed by atoms with Crippen molar-refractivity contribution in [2.24, 2.45) is 11.8 Å². The number of aromatic nitrogens is 4. The molecule has 9 nitrogen and oxygen atoms in total. The second-order valence-electron chi connectivity index (χ2n) is 10.5. The fraction of sp³-hybridized carbons (Fsp3) is 0.407.